The Morgan fingerprint density at radius 3 is 2.93 bits per heavy atom. The molecule has 5 heteroatoms. The van der Waals surface area contributed by atoms with E-state index in [0.717, 1.165) is 10.8 Å². The van der Waals surface area contributed by atoms with Gasteiger partial charge < -0.3 is 5.11 Å². The van der Waals surface area contributed by atoms with E-state index >= 15 is 0 Å². The Kier molecular flexibility index (Phi) is 1.39. The van der Waals surface area contributed by atoms with Crippen LogP contribution in [0.1, 0.15) is 5.56 Å². The third kappa shape index (κ3) is 1.10. The summed E-state index contributed by atoms with van der Waals surface area (Å²) in [5.74, 6) is -0.926. The number of hydrogen-bond donors (Lipinski definition) is 1. The van der Waals surface area contributed by atoms with E-state index in [1.807, 2.05) is 0 Å². The van der Waals surface area contributed by atoms with Crippen LogP contribution in [0, 0.1) is 0 Å². The Hall–Kier alpha value is -2.30. The van der Waals surface area contributed by atoms with Crippen molar-refractivity contribution in [2.45, 2.75) is 0 Å². The summed E-state index contributed by atoms with van der Waals surface area (Å²) in [6.45, 7) is 0. The lowest BCUT2D eigenvalue weighted by atomic mass is 10.2. The van der Waals surface area contributed by atoms with Gasteiger partial charge in [-0.05, 0) is 40.3 Å². The Labute approximate surface area is 83.8 Å². The zero-order valence-electron chi connectivity index (χ0n) is 7.51. The van der Waals surface area contributed by atoms with Crippen LogP contribution in [0.15, 0.2) is 33.1 Å². The lowest BCUT2D eigenvalue weighted by Gasteiger charge is -1.90. The highest BCUT2D eigenvalue weighted by molar-refractivity contribution is 6.03. The molecule has 1 heterocycles. The summed E-state index contributed by atoms with van der Waals surface area (Å²) < 4.78 is 0. The maximum absolute atomic E-state index is 10.8. The van der Waals surface area contributed by atoms with Gasteiger partial charge >= 0.3 is 5.97 Å². The molecule has 3 rings (SSSR count). The number of nitrogens with zero attached hydrogens (tertiary/aromatic N) is 3. The normalized spacial score (nSPS) is 15.1. The van der Waals surface area contributed by atoms with E-state index in [0.29, 0.717) is 11.0 Å². The number of rotatable bonds is 1. The number of hydrogen-bond acceptors (Lipinski definition) is 4. The fourth-order valence-electron chi connectivity index (χ4n) is 1.64. The zero-order chi connectivity index (χ0) is 10.4. The van der Waals surface area contributed by atoms with Crippen molar-refractivity contribution in [1.82, 2.24) is 0 Å². The minimum atomic E-state index is -0.926. The molecule has 1 aromatic carbocycles. The highest BCUT2D eigenvalue weighted by Crippen LogP contribution is 2.15. The van der Waals surface area contributed by atoms with Gasteiger partial charge in [-0.1, -0.05) is 0 Å². The molecule has 15 heavy (non-hydrogen) atoms. The minimum Gasteiger partial charge on any atom is -0.478 e. The third-order valence-corrected chi connectivity index (χ3v) is 2.35. The zero-order valence-corrected chi connectivity index (χ0v) is 7.51. The SMILES string of the molecule is O=C(O)C1=Cc2cc3c(cc2=C1)N=NN=3. The molecule has 1 aliphatic carbocycles. The molecule has 0 amide bonds. The quantitative estimate of drug-likeness (QED) is 0.718. The Balaban J connectivity index is 2.27. The van der Waals surface area contributed by atoms with Gasteiger partial charge in [-0.25, -0.2) is 4.79 Å². The summed E-state index contributed by atoms with van der Waals surface area (Å²) in [5.41, 5.74) is 1.82. The van der Waals surface area contributed by atoms with Crippen LogP contribution in [0.3, 0.4) is 0 Å². The first-order valence-electron chi connectivity index (χ1n) is 4.33. The van der Waals surface area contributed by atoms with Gasteiger partial charge in [0.2, 0.25) is 0 Å². The second-order valence-electron chi connectivity index (χ2n) is 3.31. The molecule has 1 aromatic rings. The molecule has 5 nitrogen and oxygen atoms in total. The van der Waals surface area contributed by atoms with Crippen LogP contribution in [0.2, 0.25) is 0 Å². The van der Waals surface area contributed by atoms with Crippen LogP contribution >= 0.6 is 0 Å². The maximum Gasteiger partial charge on any atom is 0.335 e. The standard InChI is InChI=1S/C10H5N3O2/c14-10(15)7-1-5-3-8-9(12-13-11-8)4-6(5)2-7/h1-4H,(H,14,15). The number of carboxylic acid groups (broad SMARTS) is 1. The summed E-state index contributed by atoms with van der Waals surface area (Å²) in [5, 5.41) is 21.5. The van der Waals surface area contributed by atoms with Crippen molar-refractivity contribution in [3.8, 4) is 0 Å². The molecular weight excluding hydrogens is 194 g/mol. The van der Waals surface area contributed by atoms with Gasteiger partial charge in [0.25, 0.3) is 0 Å². The molecular formula is C10H5N3O2. The molecule has 0 fully saturated rings. The summed E-state index contributed by atoms with van der Waals surface area (Å²) in [7, 11) is 0. The van der Waals surface area contributed by atoms with E-state index in [9.17, 15) is 4.79 Å². The van der Waals surface area contributed by atoms with Gasteiger partial charge in [0, 0.05) is 0 Å². The Morgan fingerprint density at radius 1 is 1.27 bits per heavy atom. The van der Waals surface area contributed by atoms with Gasteiger partial charge in [-0.3, -0.25) is 0 Å². The number of carbonyl (C=O) groups is 1. The Bertz CT molecular complexity index is 656. The smallest absolute Gasteiger partial charge is 0.335 e. The average Bonchev–Trinajstić information content (AvgIpc) is 2.77. The van der Waals surface area contributed by atoms with Crippen molar-refractivity contribution in [2.24, 2.45) is 15.4 Å². The predicted molar refractivity (Wildman–Crippen MR) is 51.8 cm³/mol. The number of carboxylic acids is 1. The number of fused-ring (bicyclic) bond motifs is 2. The van der Waals surface area contributed by atoms with E-state index in [2.05, 4.69) is 15.4 Å². The molecule has 0 unspecified atom stereocenters. The van der Waals surface area contributed by atoms with Crippen molar-refractivity contribution in [3.63, 3.8) is 0 Å². The van der Waals surface area contributed by atoms with E-state index in [-0.39, 0.29) is 5.57 Å². The molecule has 0 saturated heterocycles. The number of aliphatic carboxylic acids is 1. The lowest BCUT2D eigenvalue weighted by Crippen LogP contribution is -2.09. The van der Waals surface area contributed by atoms with Crippen molar-refractivity contribution >= 4 is 23.8 Å². The first-order chi connectivity index (χ1) is 7.24. The van der Waals surface area contributed by atoms with E-state index in [4.69, 9.17) is 5.11 Å². The molecule has 0 spiro atoms. The van der Waals surface area contributed by atoms with Crippen LogP contribution in [0.5, 0.6) is 0 Å². The van der Waals surface area contributed by atoms with Gasteiger partial charge in [-0.2, -0.15) is 0 Å². The van der Waals surface area contributed by atoms with Gasteiger partial charge in [0.1, 0.15) is 11.0 Å². The van der Waals surface area contributed by atoms with Crippen LogP contribution in [-0.2, 0) is 4.79 Å². The summed E-state index contributed by atoms with van der Waals surface area (Å²) in [6, 6.07) is 3.58. The van der Waals surface area contributed by atoms with E-state index in [1.54, 1.807) is 24.3 Å². The van der Waals surface area contributed by atoms with Gasteiger partial charge in [0.05, 0.1) is 5.57 Å². The highest BCUT2D eigenvalue weighted by atomic mass is 16.4. The largest absolute Gasteiger partial charge is 0.478 e. The maximum atomic E-state index is 10.8. The molecule has 2 aliphatic rings. The first-order valence-corrected chi connectivity index (χ1v) is 4.33. The second-order valence-corrected chi connectivity index (χ2v) is 3.31. The fourth-order valence-corrected chi connectivity index (χ4v) is 1.64. The molecule has 1 N–H and O–H groups in total. The van der Waals surface area contributed by atoms with E-state index in [1.165, 1.54) is 0 Å². The summed E-state index contributed by atoms with van der Waals surface area (Å²) in [4.78, 5) is 10.8. The number of benzene rings is 1. The van der Waals surface area contributed by atoms with Crippen LogP contribution in [0.25, 0.3) is 12.2 Å². The molecule has 0 atom stereocenters. The first kappa shape index (κ1) is 8.05. The van der Waals surface area contributed by atoms with Crippen molar-refractivity contribution in [1.29, 1.82) is 0 Å². The third-order valence-electron chi connectivity index (χ3n) is 2.35. The van der Waals surface area contributed by atoms with Crippen molar-refractivity contribution < 1.29 is 9.90 Å². The summed E-state index contributed by atoms with van der Waals surface area (Å²) in [6.07, 6.45) is 3.23. The monoisotopic (exact) mass is 199 g/mol. The van der Waals surface area contributed by atoms with Gasteiger partial charge in [0.15, 0.2) is 0 Å². The van der Waals surface area contributed by atoms with Crippen molar-refractivity contribution in [3.05, 3.63) is 33.8 Å². The fraction of sp³-hybridized carbons (Fsp3) is 0. The van der Waals surface area contributed by atoms with E-state index < -0.39 is 5.97 Å². The van der Waals surface area contributed by atoms with Gasteiger partial charge in [-0.15, -0.1) is 10.2 Å². The molecule has 72 valence electrons. The topological polar surface area (TPSA) is 74.4 Å². The minimum absolute atomic E-state index is 0.283. The highest BCUT2D eigenvalue weighted by Gasteiger charge is 2.13. The van der Waals surface area contributed by atoms with Crippen LogP contribution < -0.4 is 10.6 Å². The molecule has 0 radical (unpaired) electrons. The molecule has 0 saturated carbocycles. The summed E-state index contributed by atoms with van der Waals surface area (Å²) >= 11 is 0. The predicted octanol–water partition coefficient (Wildman–Crippen LogP) is 0.581. The molecule has 0 bridgehead atoms. The second kappa shape index (κ2) is 2.60. The Morgan fingerprint density at radius 2 is 2.13 bits per heavy atom. The average molecular weight is 199 g/mol. The molecule has 1 aliphatic heterocycles. The van der Waals surface area contributed by atoms with Crippen LogP contribution in [-0.4, -0.2) is 11.1 Å². The molecule has 0 aromatic heterocycles. The van der Waals surface area contributed by atoms with Crippen LogP contribution in [0.4, 0.5) is 5.69 Å². The van der Waals surface area contributed by atoms with Crippen molar-refractivity contribution in [2.75, 3.05) is 0 Å². The lowest BCUT2D eigenvalue weighted by molar-refractivity contribution is -0.132.